The molecular weight excluding hydrogens is 416 g/mol. The highest BCUT2D eigenvalue weighted by Gasteiger charge is 2.29. The van der Waals surface area contributed by atoms with E-state index in [1.54, 1.807) is 30.6 Å². The van der Waals surface area contributed by atoms with Crippen molar-refractivity contribution < 1.29 is 13.5 Å². The van der Waals surface area contributed by atoms with Gasteiger partial charge in [0, 0.05) is 53.7 Å². The Labute approximate surface area is 183 Å². The van der Waals surface area contributed by atoms with Gasteiger partial charge in [-0.2, -0.15) is 4.98 Å². The van der Waals surface area contributed by atoms with Gasteiger partial charge < -0.3 is 25.2 Å². The molecule has 3 aromatic rings. The molecule has 0 saturated carbocycles. The average Bonchev–Trinajstić information content (AvgIpc) is 3.24. The lowest BCUT2D eigenvalue weighted by atomic mass is 10.1. The highest BCUT2D eigenvalue weighted by atomic mass is 32.2. The van der Waals surface area contributed by atoms with Gasteiger partial charge in [-0.05, 0) is 41.8 Å². The molecule has 3 N–H and O–H groups in total. The summed E-state index contributed by atoms with van der Waals surface area (Å²) in [7, 11) is 0. The van der Waals surface area contributed by atoms with E-state index in [2.05, 4.69) is 14.8 Å². The maximum atomic E-state index is 11.5. The maximum absolute atomic E-state index is 11.5. The van der Waals surface area contributed by atoms with E-state index in [9.17, 15) is 8.76 Å². The van der Waals surface area contributed by atoms with Gasteiger partial charge in [-0.15, -0.1) is 0 Å². The van der Waals surface area contributed by atoms with E-state index in [1.807, 2.05) is 18.2 Å². The normalized spacial score (nSPS) is 16.5. The lowest BCUT2D eigenvalue weighted by Crippen LogP contribution is -2.37. The molecule has 5 rings (SSSR count). The number of anilines is 3. The second kappa shape index (κ2) is 9.06. The van der Waals surface area contributed by atoms with Crippen molar-refractivity contribution >= 4 is 28.5 Å². The predicted molar refractivity (Wildman–Crippen MR) is 118 cm³/mol. The van der Waals surface area contributed by atoms with Crippen molar-refractivity contribution in [2.24, 2.45) is 0 Å². The van der Waals surface area contributed by atoms with Crippen LogP contribution in [0, 0.1) is 0 Å². The van der Waals surface area contributed by atoms with Crippen LogP contribution < -0.4 is 16.0 Å². The summed E-state index contributed by atoms with van der Waals surface area (Å²) in [5.41, 5.74) is 3.61. The van der Waals surface area contributed by atoms with Crippen LogP contribution in [-0.2, 0) is 22.2 Å². The van der Waals surface area contributed by atoms with Gasteiger partial charge in [0.25, 0.3) is 0 Å². The minimum absolute atomic E-state index is 0. The molecule has 0 aliphatic carbocycles. The van der Waals surface area contributed by atoms with Crippen LogP contribution in [0.15, 0.2) is 53.7 Å². The van der Waals surface area contributed by atoms with Crippen LogP contribution in [-0.4, -0.2) is 56.6 Å². The SMILES string of the molecule is N.O=S([O-])c1cccc(-c2nc(N3CCOCC3)nc3c2CCN3c2ccncc2)c1. The van der Waals surface area contributed by atoms with E-state index in [0.717, 1.165) is 54.4 Å². The first-order valence-electron chi connectivity index (χ1n) is 9.81. The molecule has 0 radical (unpaired) electrons. The van der Waals surface area contributed by atoms with Crippen molar-refractivity contribution in [1.82, 2.24) is 21.1 Å². The molecule has 1 saturated heterocycles. The van der Waals surface area contributed by atoms with Crippen LogP contribution in [0.2, 0.25) is 0 Å². The summed E-state index contributed by atoms with van der Waals surface area (Å²) in [6.07, 6.45) is 4.32. The molecule has 2 aliphatic heterocycles. The molecule has 1 aromatic carbocycles. The van der Waals surface area contributed by atoms with Gasteiger partial charge in [0.05, 0.1) is 18.9 Å². The first-order chi connectivity index (χ1) is 14.7. The highest BCUT2D eigenvalue weighted by molar-refractivity contribution is 7.79. The topological polar surface area (TPSA) is 130 Å². The van der Waals surface area contributed by atoms with Crippen molar-refractivity contribution in [3.8, 4) is 11.3 Å². The second-order valence-corrected chi connectivity index (χ2v) is 8.08. The molecule has 1 unspecified atom stereocenters. The molecule has 0 amide bonds. The lowest BCUT2D eigenvalue weighted by molar-refractivity contribution is 0.122. The second-order valence-electron chi connectivity index (χ2n) is 7.14. The Hall–Kier alpha value is -2.92. The Morgan fingerprint density at radius 1 is 1.03 bits per heavy atom. The standard InChI is InChI=1S/C21H21N5O3S.H3N/c27-30(28)17-3-1-2-15(14-17)19-18-6-9-26(16-4-7-22-8-5-16)20(18)24-21(23-19)25-10-12-29-13-11-25;/h1-5,7-8,14H,6,9-13H2,(H,27,28);1H3/p-1. The number of ether oxygens (including phenoxy) is 1. The lowest BCUT2D eigenvalue weighted by Gasteiger charge is -2.28. The fraction of sp³-hybridized carbons (Fsp3) is 0.286. The molecule has 10 heteroatoms. The molecule has 1 atom stereocenters. The third-order valence-corrected chi connectivity index (χ3v) is 6.02. The Bertz CT molecular complexity index is 1090. The molecule has 0 spiro atoms. The number of hydrogen-bond acceptors (Lipinski definition) is 9. The number of benzene rings is 1. The smallest absolute Gasteiger partial charge is 0.228 e. The van der Waals surface area contributed by atoms with Crippen molar-refractivity contribution in [1.29, 1.82) is 0 Å². The molecule has 162 valence electrons. The van der Waals surface area contributed by atoms with Crippen LogP contribution in [0.5, 0.6) is 0 Å². The third kappa shape index (κ3) is 4.15. The predicted octanol–water partition coefficient (Wildman–Crippen LogP) is 2.47. The molecule has 31 heavy (non-hydrogen) atoms. The van der Waals surface area contributed by atoms with E-state index in [4.69, 9.17) is 14.7 Å². The minimum atomic E-state index is -2.30. The van der Waals surface area contributed by atoms with Gasteiger partial charge in [0.1, 0.15) is 5.82 Å². The number of pyridine rings is 1. The van der Waals surface area contributed by atoms with E-state index in [1.165, 1.54) is 0 Å². The number of aromatic nitrogens is 3. The largest absolute Gasteiger partial charge is 0.768 e. The van der Waals surface area contributed by atoms with Crippen LogP contribution >= 0.6 is 0 Å². The number of hydrogen-bond donors (Lipinski definition) is 1. The van der Waals surface area contributed by atoms with E-state index < -0.39 is 11.1 Å². The van der Waals surface area contributed by atoms with E-state index >= 15 is 0 Å². The fourth-order valence-corrected chi connectivity index (χ4v) is 4.32. The summed E-state index contributed by atoms with van der Waals surface area (Å²) in [6.45, 7) is 3.49. The van der Waals surface area contributed by atoms with Gasteiger partial charge in [0.2, 0.25) is 5.95 Å². The third-order valence-electron chi connectivity index (χ3n) is 5.38. The van der Waals surface area contributed by atoms with Gasteiger partial charge in [-0.3, -0.25) is 9.19 Å². The number of morpholine rings is 1. The molecule has 0 bridgehead atoms. The molecular formula is C21H23N6O3S-. The number of nitrogens with zero attached hydrogens (tertiary/aromatic N) is 5. The van der Waals surface area contributed by atoms with Crippen LogP contribution in [0.25, 0.3) is 11.3 Å². The summed E-state index contributed by atoms with van der Waals surface area (Å²) < 4.78 is 28.5. The summed E-state index contributed by atoms with van der Waals surface area (Å²) in [4.78, 5) is 18.5. The highest BCUT2D eigenvalue weighted by Crippen LogP contribution is 2.39. The summed E-state index contributed by atoms with van der Waals surface area (Å²) >= 11 is -2.30. The Kier molecular flexibility index (Phi) is 6.23. The first-order valence-corrected chi connectivity index (χ1v) is 10.9. The number of rotatable bonds is 4. The fourth-order valence-electron chi connectivity index (χ4n) is 3.91. The zero-order valence-corrected chi connectivity index (χ0v) is 17.8. The average molecular weight is 440 g/mol. The van der Waals surface area contributed by atoms with Gasteiger partial charge >= 0.3 is 0 Å². The maximum Gasteiger partial charge on any atom is 0.228 e. The van der Waals surface area contributed by atoms with Crippen molar-refractivity contribution in [2.45, 2.75) is 11.3 Å². The Morgan fingerprint density at radius 3 is 2.55 bits per heavy atom. The molecule has 4 heterocycles. The van der Waals surface area contributed by atoms with Crippen molar-refractivity contribution in [2.75, 3.05) is 42.6 Å². The van der Waals surface area contributed by atoms with Crippen LogP contribution in [0.1, 0.15) is 5.56 Å². The van der Waals surface area contributed by atoms with Crippen molar-refractivity contribution in [3.05, 3.63) is 54.4 Å². The number of fused-ring (bicyclic) bond motifs is 1. The summed E-state index contributed by atoms with van der Waals surface area (Å²) in [5.74, 6) is 1.50. The quantitative estimate of drug-likeness (QED) is 0.609. The van der Waals surface area contributed by atoms with Gasteiger partial charge in [0.15, 0.2) is 0 Å². The van der Waals surface area contributed by atoms with E-state index in [0.29, 0.717) is 19.2 Å². The summed E-state index contributed by atoms with van der Waals surface area (Å²) in [5, 5.41) is 0. The van der Waals surface area contributed by atoms with Crippen LogP contribution in [0.3, 0.4) is 0 Å². The Morgan fingerprint density at radius 2 is 1.81 bits per heavy atom. The zero-order valence-electron chi connectivity index (χ0n) is 16.9. The Balaban J connectivity index is 0.00000231. The first kappa shape index (κ1) is 21.3. The minimum Gasteiger partial charge on any atom is -0.768 e. The summed E-state index contributed by atoms with van der Waals surface area (Å²) in [6, 6.07) is 10.8. The van der Waals surface area contributed by atoms with Gasteiger partial charge in [-0.1, -0.05) is 12.1 Å². The molecule has 2 aliphatic rings. The zero-order chi connectivity index (χ0) is 20.5. The van der Waals surface area contributed by atoms with Crippen molar-refractivity contribution in [3.63, 3.8) is 0 Å². The van der Waals surface area contributed by atoms with E-state index in [-0.39, 0.29) is 11.0 Å². The molecule has 9 nitrogen and oxygen atoms in total. The van der Waals surface area contributed by atoms with Gasteiger partial charge in [-0.25, -0.2) is 4.98 Å². The molecule has 2 aromatic heterocycles. The monoisotopic (exact) mass is 439 g/mol. The van der Waals surface area contributed by atoms with Crippen LogP contribution in [0.4, 0.5) is 17.5 Å². The molecule has 1 fully saturated rings.